The molecular formula is C17H15N3O. The molecule has 2 amide bonds. The van der Waals surface area contributed by atoms with Gasteiger partial charge in [-0.05, 0) is 29.3 Å². The first kappa shape index (κ1) is 13.2. The van der Waals surface area contributed by atoms with Crippen LogP contribution in [-0.2, 0) is 0 Å². The molecule has 2 unspecified atom stereocenters. The van der Waals surface area contributed by atoms with Crippen molar-refractivity contribution in [3.63, 3.8) is 0 Å². The van der Waals surface area contributed by atoms with E-state index in [4.69, 9.17) is 12.2 Å². The summed E-state index contributed by atoms with van der Waals surface area (Å²) < 4.78 is 0. The molecule has 21 heavy (non-hydrogen) atoms. The van der Waals surface area contributed by atoms with E-state index in [1.165, 1.54) is 0 Å². The van der Waals surface area contributed by atoms with Crippen molar-refractivity contribution in [2.24, 2.45) is 10.7 Å². The lowest BCUT2D eigenvalue weighted by molar-refractivity contribution is 0.199. The van der Waals surface area contributed by atoms with Gasteiger partial charge in [0.1, 0.15) is 11.9 Å². The molecule has 2 atom stereocenters. The minimum absolute atomic E-state index is 0.289. The van der Waals surface area contributed by atoms with Gasteiger partial charge in [0.25, 0.3) is 0 Å². The Morgan fingerprint density at radius 2 is 2.00 bits per heavy atom. The fourth-order valence-corrected chi connectivity index (χ4v) is 2.66. The van der Waals surface area contributed by atoms with Crippen LogP contribution in [0.15, 0.2) is 47.5 Å². The molecule has 0 bridgehead atoms. The van der Waals surface area contributed by atoms with Crippen molar-refractivity contribution in [2.45, 2.75) is 19.0 Å². The molecule has 2 aromatic carbocycles. The number of nitrogens with two attached hydrogens (primary N) is 1. The summed E-state index contributed by atoms with van der Waals surface area (Å²) in [7, 11) is 0. The molecule has 0 aliphatic carbocycles. The highest BCUT2D eigenvalue weighted by atomic mass is 16.2. The summed E-state index contributed by atoms with van der Waals surface area (Å²) in [6.07, 6.45) is 5.45. The second-order valence-corrected chi connectivity index (χ2v) is 5.08. The maximum absolute atomic E-state index is 12.0. The SMILES string of the molecule is C#CC(C)N1C(=O)N=C(N)C1c1ccc2ccccc2c1. The highest BCUT2D eigenvalue weighted by Gasteiger charge is 2.37. The number of amidine groups is 1. The summed E-state index contributed by atoms with van der Waals surface area (Å²) in [6, 6.07) is 12.9. The fourth-order valence-electron chi connectivity index (χ4n) is 2.66. The topological polar surface area (TPSA) is 58.7 Å². The number of fused-ring (bicyclic) bond motifs is 1. The Balaban J connectivity index is 2.09. The highest BCUT2D eigenvalue weighted by molar-refractivity contribution is 6.04. The van der Waals surface area contributed by atoms with Crippen LogP contribution in [0.3, 0.4) is 0 Å². The van der Waals surface area contributed by atoms with Crippen LogP contribution in [0.25, 0.3) is 10.8 Å². The van der Waals surface area contributed by atoms with E-state index in [-0.39, 0.29) is 17.9 Å². The molecule has 3 rings (SSSR count). The summed E-state index contributed by atoms with van der Waals surface area (Å²) in [4.78, 5) is 17.4. The summed E-state index contributed by atoms with van der Waals surface area (Å²) in [6.45, 7) is 1.79. The third-order valence-corrected chi connectivity index (χ3v) is 3.75. The summed E-state index contributed by atoms with van der Waals surface area (Å²) >= 11 is 0. The van der Waals surface area contributed by atoms with E-state index >= 15 is 0 Å². The van der Waals surface area contributed by atoms with E-state index in [0.29, 0.717) is 0 Å². The van der Waals surface area contributed by atoms with Crippen molar-refractivity contribution in [3.05, 3.63) is 48.0 Å². The zero-order valence-electron chi connectivity index (χ0n) is 11.7. The molecular weight excluding hydrogens is 262 g/mol. The van der Waals surface area contributed by atoms with E-state index in [9.17, 15) is 4.79 Å². The maximum atomic E-state index is 12.0. The molecule has 4 heteroatoms. The van der Waals surface area contributed by atoms with Crippen LogP contribution in [0.2, 0.25) is 0 Å². The second kappa shape index (κ2) is 4.95. The Hall–Kier alpha value is -2.80. The molecule has 0 saturated heterocycles. The second-order valence-electron chi connectivity index (χ2n) is 5.08. The fraction of sp³-hybridized carbons (Fsp3) is 0.176. The number of hydrogen-bond donors (Lipinski definition) is 1. The normalized spacial score (nSPS) is 19.4. The van der Waals surface area contributed by atoms with E-state index in [2.05, 4.69) is 10.9 Å². The van der Waals surface area contributed by atoms with Gasteiger partial charge in [0.2, 0.25) is 0 Å². The molecule has 1 aliphatic rings. The Bertz CT molecular complexity index is 788. The number of urea groups is 1. The van der Waals surface area contributed by atoms with Crippen molar-refractivity contribution in [1.82, 2.24) is 4.90 Å². The molecule has 0 spiro atoms. The van der Waals surface area contributed by atoms with Crippen molar-refractivity contribution < 1.29 is 4.79 Å². The first-order valence-corrected chi connectivity index (χ1v) is 6.73. The molecule has 2 aromatic rings. The lowest BCUT2D eigenvalue weighted by Gasteiger charge is -2.27. The number of nitrogens with zero attached hydrogens (tertiary/aromatic N) is 2. The number of hydrogen-bond acceptors (Lipinski definition) is 2. The van der Waals surface area contributed by atoms with Crippen LogP contribution in [-0.4, -0.2) is 22.8 Å². The number of terminal acetylenes is 1. The Labute approximate surface area is 123 Å². The molecule has 104 valence electrons. The molecule has 2 N–H and O–H groups in total. The minimum atomic E-state index is -0.395. The van der Waals surface area contributed by atoms with Gasteiger partial charge in [0.05, 0.1) is 6.04 Å². The average molecular weight is 277 g/mol. The number of rotatable bonds is 2. The zero-order valence-corrected chi connectivity index (χ0v) is 11.7. The zero-order chi connectivity index (χ0) is 15.0. The quantitative estimate of drug-likeness (QED) is 0.858. The van der Waals surface area contributed by atoms with Crippen molar-refractivity contribution in [3.8, 4) is 12.3 Å². The van der Waals surface area contributed by atoms with Gasteiger partial charge in [-0.25, -0.2) is 4.79 Å². The van der Waals surface area contributed by atoms with Crippen LogP contribution in [0.5, 0.6) is 0 Å². The Kier molecular flexibility index (Phi) is 3.11. The third-order valence-electron chi connectivity index (χ3n) is 3.75. The number of carbonyl (C=O) groups is 1. The third kappa shape index (κ3) is 2.13. The standard InChI is InChI=1S/C17H15N3O/c1-3-11(2)20-15(16(18)19-17(20)21)14-9-8-12-6-4-5-7-13(12)10-14/h1,4-11,15H,2H3,(H2,18,19,21). The lowest BCUT2D eigenvalue weighted by atomic mass is 10.00. The first-order valence-electron chi connectivity index (χ1n) is 6.73. The van der Waals surface area contributed by atoms with Gasteiger partial charge < -0.3 is 5.73 Å². The summed E-state index contributed by atoms with van der Waals surface area (Å²) in [5, 5.41) is 2.23. The minimum Gasteiger partial charge on any atom is -0.385 e. The van der Waals surface area contributed by atoms with E-state index in [0.717, 1.165) is 16.3 Å². The summed E-state index contributed by atoms with van der Waals surface area (Å²) in [5.74, 6) is 2.86. The average Bonchev–Trinajstić information content (AvgIpc) is 2.80. The number of aliphatic imine (C=N–C) groups is 1. The van der Waals surface area contributed by atoms with Crippen LogP contribution in [0, 0.1) is 12.3 Å². The molecule has 0 aromatic heterocycles. The monoisotopic (exact) mass is 277 g/mol. The predicted octanol–water partition coefficient (Wildman–Crippen LogP) is 2.70. The predicted molar refractivity (Wildman–Crippen MR) is 83.8 cm³/mol. The van der Waals surface area contributed by atoms with Gasteiger partial charge in [0.15, 0.2) is 0 Å². The van der Waals surface area contributed by atoms with Gasteiger partial charge in [-0.1, -0.05) is 42.3 Å². The molecule has 4 nitrogen and oxygen atoms in total. The molecule has 1 aliphatic heterocycles. The molecule has 0 radical (unpaired) electrons. The first-order chi connectivity index (χ1) is 10.1. The summed E-state index contributed by atoms with van der Waals surface area (Å²) in [5.41, 5.74) is 6.87. The van der Waals surface area contributed by atoms with E-state index in [1.807, 2.05) is 42.5 Å². The largest absolute Gasteiger partial charge is 0.385 e. The Morgan fingerprint density at radius 3 is 2.71 bits per heavy atom. The van der Waals surface area contributed by atoms with Crippen LogP contribution in [0.1, 0.15) is 18.5 Å². The van der Waals surface area contributed by atoms with Gasteiger partial charge >= 0.3 is 6.03 Å². The van der Waals surface area contributed by atoms with Crippen molar-refractivity contribution in [1.29, 1.82) is 0 Å². The molecule has 0 saturated carbocycles. The highest BCUT2D eigenvalue weighted by Crippen LogP contribution is 2.30. The lowest BCUT2D eigenvalue weighted by Crippen LogP contribution is -2.38. The van der Waals surface area contributed by atoms with Crippen LogP contribution in [0.4, 0.5) is 4.79 Å². The van der Waals surface area contributed by atoms with Crippen molar-refractivity contribution >= 4 is 22.6 Å². The van der Waals surface area contributed by atoms with Gasteiger partial charge in [-0.3, -0.25) is 4.90 Å². The van der Waals surface area contributed by atoms with Crippen LogP contribution < -0.4 is 5.73 Å². The van der Waals surface area contributed by atoms with E-state index < -0.39 is 6.04 Å². The van der Waals surface area contributed by atoms with E-state index in [1.54, 1.807) is 11.8 Å². The number of carbonyl (C=O) groups excluding carboxylic acids is 1. The van der Waals surface area contributed by atoms with Crippen LogP contribution >= 0.6 is 0 Å². The van der Waals surface area contributed by atoms with Crippen molar-refractivity contribution in [2.75, 3.05) is 0 Å². The van der Waals surface area contributed by atoms with Gasteiger partial charge in [0, 0.05) is 0 Å². The Morgan fingerprint density at radius 1 is 1.29 bits per heavy atom. The van der Waals surface area contributed by atoms with Gasteiger partial charge in [-0.2, -0.15) is 4.99 Å². The van der Waals surface area contributed by atoms with Gasteiger partial charge in [-0.15, -0.1) is 6.42 Å². The molecule has 0 fully saturated rings. The number of benzene rings is 2. The molecule has 1 heterocycles. The maximum Gasteiger partial charge on any atom is 0.347 e. The number of amides is 2. The smallest absolute Gasteiger partial charge is 0.347 e.